The largest absolute Gasteiger partial charge is 0.438 e. The molecule has 0 aliphatic carbocycles. The molecule has 0 spiro atoms. The minimum Gasteiger partial charge on any atom is -0.438 e. The quantitative estimate of drug-likeness (QED) is 0.437. The lowest BCUT2D eigenvalue weighted by atomic mass is 9.91. The predicted octanol–water partition coefficient (Wildman–Crippen LogP) is 5.32. The molecule has 0 aromatic heterocycles. The number of carbonyl (C=O) groups is 1. The summed E-state index contributed by atoms with van der Waals surface area (Å²) < 4.78 is 11.1. The van der Waals surface area contributed by atoms with Crippen LogP contribution in [0.5, 0.6) is 0 Å². The summed E-state index contributed by atoms with van der Waals surface area (Å²) in [4.78, 5) is 13.0. The van der Waals surface area contributed by atoms with Crippen LogP contribution < -0.4 is 0 Å². The molecule has 0 aliphatic rings. The van der Waals surface area contributed by atoms with Crippen LogP contribution in [0.3, 0.4) is 0 Å². The molecule has 0 fully saturated rings. The highest BCUT2D eigenvalue weighted by molar-refractivity contribution is 7.80. The van der Waals surface area contributed by atoms with E-state index in [1.54, 1.807) is 0 Å². The topological polar surface area (TPSA) is 35.5 Å². The summed E-state index contributed by atoms with van der Waals surface area (Å²) >= 11 is 4.37. The van der Waals surface area contributed by atoms with Gasteiger partial charge in [0.05, 0.1) is 11.0 Å². The van der Waals surface area contributed by atoms with Crippen molar-refractivity contribution in [2.75, 3.05) is 6.79 Å². The molecule has 0 N–H and O–H groups in total. The second-order valence-electron chi connectivity index (χ2n) is 7.19. The molecule has 3 nitrogen and oxygen atoms in total. The lowest BCUT2D eigenvalue weighted by molar-refractivity contribution is -0.179. The first kappa shape index (κ1) is 18.8. The van der Waals surface area contributed by atoms with E-state index in [-0.39, 0.29) is 12.8 Å². The maximum absolute atomic E-state index is 12.0. The monoisotopic (exact) mass is 346 g/mol. The fraction of sp³-hybridized carbons (Fsp3) is 0.450. The van der Waals surface area contributed by atoms with Gasteiger partial charge in [0.1, 0.15) is 0 Å². The SMILES string of the molecule is CCC(C)(C)C(=O)OCOC(C)(C)c1ccc2cc(S)ccc2c1. The van der Waals surface area contributed by atoms with Gasteiger partial charge in [-0.15, -0.1) is 12.6 Å². The van der Waals surface area contributed by atoms with Gasteiger partial charge in [0.25, 0.3) is 0 Å². The van der Waals surface area contributed by atoms with E-state index in [0.29, 0.717) is 0 Å². The third-order valence-electron chi connectivity index (χ3n) is 4.57. The number of ether oxygens (including phenoxy) is 2. The lowest BCUT2D eigenvalue weighted by Gasteiger charge is -2.27. The van der Waals surface area contributed by atoms with Crippen molar-refractivity contribution in [1.29, 1.82) is 0 Å². The lowest BCUT2D eigenvalue weighted by Crippen LogP contribution is -2.29. The van der Waals surface area contributed by atoms with Gasteiger partial charge < -0.3 is 9.47 Å². The van der Waals surface area contributed by atoms with Gasteiger partial charge in [0.15, 0.2) is 6.79 Å². The molecule has 24 heavy (non-hydrogen) atoms. The highest BCUT2D eigenvalue weighted by Crippen LogP contribution is 2.29. The van der Waals surface area contributed by atoms with Crippen LogP contribution in [0.1, 0.15) is 46.6 Å². The van der Waals surface area contributed by atoms with E-state index in [9.17, 15) is 4.79 Å². The molecule has 2 aromatic carbocycles. The third kappa shape index (κ3) is 4.31. The summed E-state index contributed by atoms with van der Waals surface area (Å²) in [5.41, 5.74) is -0.00130. The van der Waals surface area contributed by atoms with E-state index in [1.807, 2.05) is 58.9 Å². The number of hydrogen-bond donors (Lipinski definition) is 1. The molecule has 4 heteroatoms. The fourth-order valence-electron chi connectivity index (χ4n) is 2.26. The number of benzene rings is 2. The Bertz CT molecular complexity index is 735. The summed E-state index contributed by atoms with van der Waals surface area (Å²) in [6.07, 6.45) is 0.729. The van der Waals surface area contributed by atoms with Gasteiger partial charge in [-0.25, -0.2) is 0 Å². The fourth-order valence-corrected chi connectivity index (χ4v) is 2.47. The van der Waals surface area contributed by atoms with Gasteiger partial charge in [-0.1, -0.05) is 25.1 Å². The van der Waals surface area contributed by atoms with Gasteiger partial charge in [0, 0.05) is 4.90 Å². The Morgan fingerprint density at radius 3 is 2.33 bits per heavy atom. The molecule has 130 valence electrons. The molecule has 0 amide bonds. The highest BCUT2D eigenvalue weighted by atomic mass is 32.1. The normalized spacial score (nSPS) is 12.4. The van der Waals surface area contributed by atoms with Crippen molar-refractivity contribution in [2.24, 2.45) is 5.41 Å². The zero-order valence-electron chi connectivity index (χ0n) is 15.1. The molecule has 0 atom stereocenters. The minimum atomic E-state index is -0.551. The Morgan fingerprint density at radius 1 is 1.04 bits per heavy atom. The first-order valence-corrected chi connectivity index (χ1v) is 8.65. The molecule has 0 radical (unpaired) electrons. The van der Waals surface area contributed by atoms with E-state index >= 15 is 0 Å². The molecule has 0 saturated carbocycles. The number of rotatable bonds is 6. The van der Waals surface area contributed by atoms with Crippen LogP contribution in [-0.2, 0) is 19.9 Å². The van der Waals surface area contributed by atoms with E-state index in [1.165, 1.54) is 0 Å². The first-order chi connectivity index (χ1) is 11.2. The zero-order chi connectivity index (χ0) is 18.0. The average Bonchev–Trinajstić information content (AvgIpc) is 2.53. The number of fused-ring (bicyclic) bond motifs is 1. The van der Waals surface area contributed by atoms with Crippen molar-refractivity contribution in [3.05, 3.63) is 42.0 Å². The Hall–Kier alpha value is -1.52. The maximum Gasteiger partial charge on any atom is 0.313 e. The van der Waals surface area contributed by atoms with Crippen LogP contribution in [0.4, 0.5) is 0 Å². The summed E-state index contributed by atoms with van der Waals surface area (Å²) in [5.74, 6) is -0.236. The van der Waals surface area contributed by atoms with Gasteiger partial charge in [-0.05, 0) is 68.7 Å². The summed E-state index contributed by atoms with van der Waals surface area (Å²) in [6.45, 7) is 9.61. The third-order valence-corrected chi connectivity index (χ3v) is 4.84. The summed E-state index contributed by atoms with van der Waals surface area (Å²) in [7, 11) is 0. The van der Waals surface area contributed by atoms with Crippen molar-refractivity contribution < 1.29 is 14.3 Å². The Morgan fingerprint density at radius 2 is 1.67 bits per heavy atom. The molecule has 0 aliphatic heterocycles. The predicted molar refractivity (Wildman–Crippen MR) is 100 cm³/mol. The van der Waals surface area contributed by atoms with Crippen molar-refractivity contribution in [3.8, 4) is 0 Å². The van der Waals surface area contributed by atoms with Crippen molar-refractivity contribution in [1.82, 2.24) is 0 Å². The maximum atomic E-state index is 12.0. The van der Waals surface area contributed by atoms with Crippen LogP contribution in [0.25, 0.3) is 10.8 Å². The Kier molecular flexibility index (Phi) is 5.61. The number of hydrogen-bond acceptors (Lipinski definition) is 4. The van der Waals surface area contributed by atoms with Crippen LogP contribution in [0, 0.1) is 5.41 Å². The van der Waals surface area contributed by atoms with E-state index in [4.69, 9.17) is 9.47 Å². The minimum absolute atomic E-state index is 0.0527. The van der Waals surface area contributed by atoms with Gasteiger partial charge >= 0.3 is 5.97 Å². The summed E-state index contributed by atoms with van der Waals surface area (Å²) in [6, 6.07) is 12.2. The second kappa shape index (κ2) is 7.16. The average molecular weight is 346 g/mol. The first-order valence-electron chi connectivity index (χ1n) is 8.20. The molecular weight excluding hydrogens is 320 g/mol. The number of carbonyl (C=O) groups excluding carboxylic acids is 1. The standard InChI is InChI=1S/C20H26O3S/c1-6-19(2,3)18(21)22-13-23-20(4,5)16-9-7-15-12-17(24)10-8-14(15)11-16/h7-12,24H,6,13H2,1-5H3. The van der Waals surface area contributed by atoms with Crippen molar-refractivity contribution in [3.63, 3.8) is 0 Å². The van der Waals surface area contributed by atoms with Crippen LogP contribution >= 0.6 is 12.6 Å². The molecule has 0 saturated heterocycles. The Labute approximate surface area is 149 Å². The van der Waals surface area contributed by atoms with Crippen LogP contribution in [-0.4, -0.2) is 12.8 Å². The van der Waals surface area contributed by atoms with Crippen LogP contribution in [0.15, 0.2) is 41.3 Å². The zero-order valence-corrected chi connectivity index (χ0v) is 15.9. The van der Waals surface area contributed by atoms with E-state index in [0.717, 1.165) is 27.7 Å². The molecule has 0 bridgehead atoms. The molecule has 0 heterocycles. The van der Waals surface area contributed by atoms with Crippen LogP contribution in [0.2, 0.25) is 0 Å². The van der Waals surface area contributed by atoms with E-state index in [2.05, 4.69) is 24.8 Å². The van der Waals surface area contributed by atoms with Gasteiger partial charge in [-0.3, -0.25) is 4.79 Å². The van der Waals surface area contributed by atoms with Crippen molar-refractivity contribution in [2.45, 2.75) is 51.5 Å². The smallest absolute Gasteiger partial charge is 0.313 e. The number of thiol groups is 1. The Balaban J connectivity index is 2.07. The molecule has 2 rings (SSSR count). The second-order valence-corrected chi connectivity index (χ2v) is 7.70. The molecule has 0 unspecified atom stereocenters. The molecule has 2 aromatic rings. The van der Waals surface area contributed by atoms with Gasteiger partial charge in [-0.2, -0.15) is 0 Å². The van der Waals surface area contributed by atoms with Gasteiger partial charge in [0.2, 0.25) is 0 Å². The van der Waals surface area contributed by atoms with Crippen molar-refractivity contribution >= 4 is 29.4 Å². The highest BCUT2D eigenvalue weighted by Gasteiger charge is 2.28. The summed E-state index contributed by atoms with van der Waals surface area (Å²) in [5, 5.41) is 2.27. The number of esters is 1. The van der Waals surface area contributed by atoms with E-state index < -0.39 is 11.0 Å². The molecular formula is C20H26O3S.